The van der Waals surface area contributed by atoms with Crippen molar-refractivity contribution in [3.05, 3.63) is 0 Å². The highest BCUT2D eigenvalue weighted by atomic mass is 28.4. The molecule has 0 unspecified atom stereocenters. The molecule has 0 saturated carbocycles. The van der Waals surface area contributed by atoms with E-state index in [9.17, 15) is 5.11 Å². The second kappa shape index (κ2) is 4.77. The molecule has 0 bridgehead atoms. The van der Waals surface area contributed by atoms with Crippen LogP contribution < -0.4 is 0 Å². The highest BCUT2D eigenvalue weighted by Gasteiger charge is 2.37. The van der Waals surface area contributed by atoms with Gasteiger partial charge in [-0.15, -0.1) is 0 Å². The summed E-state index contributed by atoms with van der Waals surface area (Å²) in [4.78, 5) is 0. The first kappa shape index (κ1) is 14.1. The minimum Gasteiger partial charge on any atom is -0.416 e. The van der Waals surface area contributed by atoms with Crippen LogP contribution in [0.1, 0.15) is 34.6 Å². The molecule has 2 nitrogen and oxygen atoms in total. The van der Waals surface area contributed by atoms with Gasteiger partial charge in [0.25, 0.3) is 0 Å². The van der Waals surface area contributed by atoms with Gasteiger partial charge in [0.2, 0.25) is 0 Å². The Balaban J connectivity index is 4.13. The highest BCUT2D eigenvalue weighted by Crippen LogP contribution is 2.36. The quantitative estimate of drug-likeness (QED) is 0.735. The molecule has 0 aromatic rings. The number of aliphatic hydroxyl groups is 1. The van der Waals surface area contributed by atoms with Crippen LogP contribution in [0.5, 0.6) is 0 Å². The Morgan fingerprint density at radius 3 is 1.93 bits per heavy atom. The molecular weight excluding hydrogens is 192 g/mol. The molecule has 0 aromatic heterocycles. The zero-order valence-electron chi connectivity index (χ0n) is 10.7. The summed E-state index contributed by atoms with van der Waals surface area (Å²) in [6.07, 6.45) is -0.278. The van der Waals surface area contributed by atoms with E-state index in [2.05, 4.69) is 33.9 Å². The molecule has 86 valence electrons. The molecule has 2 atom stereocenters. The first-order valence-corrected chi connectivity index (χ1v) is 8.31. The molecule has 0 aliphatic heterocycles. The van der Waals surface area contributed by atoms with Gasteiger partial charge in [0.15, 0.2) is 8.32 Å². The molecule has 0 radical (unpaired) electrons. The summed E-state index contributed by atoms with van der Waals surface area (Å²) in [6, 6.07) is 0. The van der Waals surface area contributed by atoms with E-state index in [0.29, 0.717) is 6.61 Å². The van der Waals surface area contributed by atoms with Crippen LogP contribution in [0.15, 0.2) is 0 Å². The van der Waals surface area contributed by atoms with Gasteiger partial charge in [0.05, 0.1) is 6.10 Å². The predicted molar refractivity (Wildman–Crippen MR) is 64.0 cm³/mol. The first-order valence-electron chi connectivity index (χ1n) is 5.40. The number of rotatable bonds is 4. The maximum atomic E-state index is 9.36. The molecule has 0 fully saturated rings. The van der Waals surface area contributed by atoms with Crippen molar-refractivity contribution in [1.82, 2.24) is 0 Å². The lowest BCUT2D eigenvalue weighted by molar-refractivity contribution is 0.0944. The Morgan fingerprint density at radius 2 is 1.64 bits per heavy atom. The zero-order chi connectivity index (χ0) is 11.6. The van der Waals surface area contributed by atoms with E-state index in [4.69, 9.17) is 4.43 Å². The Labute approximate surface area is 89.8 Å². The van der Waals surface area contributed by atoms with Crippen LogP contribution >= 0.6 is 0 Å². The monoisotopic (exact) mass is 218 g/mol. The van der Waals surface area contributed by atoms with Crippen LogP contribution in [0.25, 0.3) is 0 Å². The molecule has 0 aliphatic rings. The molecule has 0 spiro atoms. The van der Waals surface area contributed by atoms with Gasteiger partial charge in [-0.05, 0) is 25.1 Å². The van der Waals surface area contributed by atoms with Crippen molar-refractivity contribution in [2.45, 2.75) is 58.9 Å². The maximum Gasteiger partial charge on any atom is 0.191 e. The van der Waals surface area contributed by atoms with Crippen LogP contribution in [0.2, 0.25) is 18.1 Å². The fourth-order valence-corrected chi connectivity index (χ4v) is 1.81. The van der Waals surface area contributed by atoms with Crippen molar-refractivity contribution in [2.24, 2.45) is 5.92 Å². The first-order chi connectivity index (χ1) is 6.08. The van der Waals surface area contributed by atoms with E-state index in [1.165, 1.54) is 0 Å². The Kier molecular flexibility index (Phi) is 4.82. The van der Waals surface area contributed by atoms with Crippen LogP contribution in [0.3, 0.4) is 0 Å². The van der Waals surface area contributed by atoms with E-state index < -0.39 is 8.32 Å². The summed E-state index contributed by atoms with van der Waals surface area (Å²) in [5.74, 6) is 0.226. The third kappa shape index (κ3) is 4.11. The molecule has 14 heavy (non-hydrogen) atoms. The Morgan fingerprint density at radius 1 is 1.21 bits per heavy atom. The molecular formula is C11H26O2Si. The fraction of sp³-hybridized carbons (Fsp3) is 1.00. The average Bonchev–Trinajstić information content (AvgIpc) is 1.97. The normalized spacial score (nSPS) is 18.0. The molecule has 0 aliphatic carbocycles. The molecule has 0 amide bonds. The lowest BCUT2D eigenvalue weighted by Crippen LogP contribution is -2.42. The predicted octanol–water partition coefficient (Wildman–Crippen LogP) is 3.03. The van der Waals surface area contributed by atoms with Gasteiger partial charge in [0.1, 0.15) is 0 Å². The van der Waals surface area contributed by atoms with Crippen LogP contribution in [-0.2, 0) is 4.43 Å². The minimum absolute atomic E-state index is 0.226. The van der Waals surface area contributed by atoms with Crippen molar-refractivity contribution in [3.63, 3.8) is 0 Å². The molecule has 1 N–H and O–H groups in total. The Bertz CT molecular complexity index is 171. The molecule has 0 aromatic carbocycles. The van der Waals surface area contributed by atoms with E-state index >= 15 is 0 Å². The molecule has 0 saturated heterocycles. The summed E-state index contributed by atoms with van der Waals surface area (Å²) < 4.78 is 6.00. The van der Waals surface area contributed by atoms with Crippen molar-refractivity contribution >= 4 is 8.32 Å². The maximum absolute atomic E-state index is 9.36. The molecule has 0 rings (SSSR count). The van der Waals surface area contributed by atoms with E-state index in [0.717, 1.165) is 0 Å². The van der Waals surface area contributed by atoms with Crippen LogP contribution in [0.4, 0.5) is 0 Å². The number of aliphatic hydroxyl groups excluding tert-OH is 1. The number of hydrogen-bond acceptors (Lipinski definition) is 2. The SMILES string of the molecule is C[C@H](O)[C@H](C)CO[Si](C)(C)C(C)(C)C. The highest BCUT2D eigenvalue weighted by molar-refractivity contribution is 6.74. The second-order valence-corrected chi connectivity index (χ2v) is 10.6. The zero-order valence-corrected chi connectivity index (χ0v) is 11.7. The smallest absolute Gasteiger partial charge is 0.191 e. The van der Waals surface area contributed by atoms with Gasteiger partial charge in [-0.1, -0.05) is 27.7 Å². The van der Waals surface area contributed by atoms with E-state index in [-0.39, 0.29) is 17.1 Å². The van der Waals surface area contributed by atoms with Crippen LogP contribution in [0, 0.1) is 5.92 Å². The van der Waals surface area contributed by atoms with Crippen molar-refractivity contribution in [3.8, 4) is 0 Å². The second-order valence-electron chi connectivity index (χ2n) is 5.79. The average molecular weight is 218 g/mol. The summed E-state index contributed by atoms with van der Waals surface area (Å²) in [5, 5.41) is 9.61. The van der Waals surface area contributed by atoms with Gasteiger partial charge in [0, 0.05) is 12.5 Å². The van der Waals surface area contributed by atoms with E-state index in [1.807, 2.05) is 13.8 Å². The van der Waals surface area contributed by atoms with Crippen molar-refractivity contribution in [2.75, 3.05) is 6.61 Å². The fourth-order valence-electron chi connectivity index (χ4n) is 0.696. The lowest BCUT2D eigenvalue weighted by atomic mass is 10.1. The van der Waals surface area contributed by atoms with Gasteiger partial charge in [-0.25, -0.2) is 0 Å². The van der Waals surface area contributed by atoms with Crippen molar-refractivity contribution in [1.29, 1.82) is 0 Å². The van der Waals surface area contributed by atoms with Crippen molar-refractivity contribution < 1.29 is 9.53 Å². The van der Waals surface area contributed by atoms with Crippen LogP contribution in [-0.4, -0.2) is 26.1 Å². The summed E-state index contributed by atoms with van der Waals surface area (Å²) in [6.45, 7) is 15.7. The largest absolute Gasteiger partial charge is 0.416 e. The molecule has 0 heterocycles. The van der Waals surface area contributed by atoms with Gasteiger partial charge in [-0.2, -0.15) is 0 Å². The summed E-state index contributed by atoms with van der Waals surface area (Å²) in [7, 11) is -1.62. The topological polar surface area (TPSA) is 29.5 Å². The van der Waals surface area contributed by atoms with Gasteiger partial charge < -0.3 is 9.53 Å². The Hall–Kier alpha value is 0.137. The summed E-state index contributed by atoms with van der Waals surface area (Å²) in [5.41, 5.74) is 0. The number of hydrogen-bond donors (Lipinski definition) is 1. The third-order valence-corrected chi connectivity index (χ3v) is 7.84. The summed E-state index contributed by atoms with van der Waals surface area (Å²) >= 11 is 0. The van der Waals surface area contributed by atoms with Gasteiger partial charge in [-0.3, -0.25) is 0 Å². The lowest BCUT2D eigenvalue weighted by Gasteiger charge is -2.37. The standard InChI is InChI=1S/C11H26O2Si/c1-9(10(2)12)8-13-14(6,7)11(3,4)5/h9-10,12H,8H2,1-7H3/t9-,10+/m1/s1. The molecule has 3 heteroatoms. The van der Waals surface area contributed by atoms with E-state index in [1.54, 1.807) is 0 Å². The minimum atomic E-state index is -1.62. The third-order valence-electron chi connectivity index (χ3n) is 3.34. The van der Waals surface area contributed by atoms with Gasteiger partial charge >= 0.3 is 0 Å².